The Balaban J connectivity index is 0. The van der Waals surface area contributed by atoms with Crippen LogP contribution in [0.25, 0.3) is 5.53 Å². The number of carboxylic acid groups (broad SMARTS) is 4. The van der Waals surface area contributed by atoms with Gasteiger partial charge < -0.3 is 50.2 Å². The number of hydrogen-bond donors (Lipinski definition) is 5. The summed E-state index contributed by atoms with van der Waals surface area (Å²) in [6.45, 7) is 15.1. The van der Waals surface area contributed by atoms with Crippen molar-refractivity contribution >= 4 is 53.5 Å². The zero-order valence-electron chi connectivity index (χ0n) is 54.7. The molecule has 20 nitrogen and oxygen atoms in total. The fourth-order valence-corrected chi connectivity index (χ4v) is 8.79. The Morgan fingerprint density at radius 3 is 1.19 bits per heavy atom. The molecule has 1 radical (unpaired) electrons. The average molecular weight is 1490 g/mol. The smallest absolute Gasteiger partial charge is 0.422 e. The van der Waals surface area contributed by atoms with Gasteiger partial charge in [-0.2, -0.15) is 57.5 Å². The quantitative estimate of drug-likeness (QED) is 0.0177. The number of hydrogen-bond acceptors (Lipinski definition) is 14. The van der Waals surface area contributed by atoms with E-state index in [1.807, 2.05) is 0 Å². The summed E-state index contributed by atoms with van der Waals surface area (Å²) in [5.41, 5.74) is 5.02. The van der Waals surface area contributed by atoms with Crippen molar-refractivity contribution in [2.45, 2.75) is 162 Å². The van der Waals surface area contributed by atoms with Crippen LogP contribution in [0.15, 0.2) is 97.1 Å². The number of carbonyl (C=O) groups excluding carboxylic acids is 4. The molecule has 4 aromatic carbocycles. The van der Waals surface area contributed by atoms with Crippen molar-refractivity contribution in [1.29, 1.82) is 0 Å². The molecular weight excluding hydrogens is 1410 g/mol. The number of halogens is 12. The Morgan fingerprint density at radius 1 is 0.526 bits per heavy atom. The van der Waals surface area contributed by atoms with Crippen molar-refractivity contribution < 1.29 is 155 Å². The zero-order valence-corrected chi connectivity index (χ0v) is 56.3. The average Bonchev–Trinajstić information content (AvgIpc) is 0.792. The van der Waals surface area contributed by atoms with E-state index in [1.54, 1.807) is 46.4 Å². The summed E-state index contributed by atoms with van der Waals surface area (Å²) >= 11 is 0. The molecule has 5 atom stereocenters. The first-order valence-corrected chi connectivity index (χ1v) is 28.6. The van der Waals surface area contributed by atoms with Gasteiger partial charge in [-0.05, 0) is 163 Å². The van der Waals surface area contributed by atoms with E-state index in [1.165, 1.54) is 50.6 Å². The maximum atomic E-state index is 13.5. The molecule has 2 aliphatic rings. The zero-order chi connectivity index (χ0) is 74.5. The third kappa shape index (κ3) is 37.7. The molecule has 0 bridgehead atoms. The number of nitrogens with zero attached hydrogens (tertiary/aromatic N) is 3. The Hall–Kier alpha value is -8.28. The number of carbonyl (C=O) groups is 8. The molecule has 2 aliphatic heterocycles. The summed E-state index contributed by atoms with van der Waals surface area (Å²) in [6.07, 6.45) is -15.1. The van der Waals surface area contributed by atoms with Crippen LogP contribution in [0.4, 0.5) is 52.7 Å². The number of piperidine rings is 2. The van der Waals surface area contributed by atoms with E-state index in [2.05, 4.69) is 14.8 Å². The summed E-state index contributed by atoms with van der Waals surface area (Å²) < 4.78 is 174. The van der Waals surface area contributed by atoms with Gasteiger partial charge in [0.1, 0.15) is 17.2 Å². The molecule has 0 amide bonds. The van der Waals surface area contributed by atoms with Gasteiger partial charge in [0.25, 0.3) is 23.9 Å². The Labute approximate surface area is 564 Å². The summed E-state index contributed by atoms with van der Waals surface area (Å²) in [5.74, 6) is -5.62. The maximum absolute atomic E-state index is 13.5. The first-order chi connectivity index (χ1) is 43.9. The Kier molecular flexibility index (Phi) is 38.5. The standard InChI is InChI=1S/C28H31F6NO4.C15H18F3NO2.C13H13F3N2O2.4C2H4O2.Rh/c1-26(2,3)39-25(37)24(19-7-11-21(12-8-19)28(32,33)34)35-14-13-17(16-23(36)38-4)15-22(35)18-5-9-20(10-6-18)27(29,30)31;1-21-14(20)9-10-6-7-19-13(8-10)11-2-4-12(5-3-11)15(16,17)18;1-12(2,3)20-11(19)10(18-17)8-4-6-9(7-5-8)13(14,15)16;4*1-2(3)4;/h5-12,17,22,24H,13-16H2,1-4H3;2-5,10,13,19H,6-9H2,1H3;4-7H,1-3H3;4*1H3,(H,3,4);/t17-,22+,24?;10-,13+;;;;;;/m11....../s1. The van der Waals surface area contributed by atoms with Gasteiger partial charge in [-0.15, -0.1) is 0 Å². The van der Waals surface area contributed by atoms with E-state index in [9.17, 15) is 71.9 Å². The second kappa shape index (κ2) is 41.1. The van der Waals surface area contributed by atoms with Crippen LogP contribution < -0.4 is 5.32 Å². The van der Waals surface area contributed by atoms with Crippen LogP contribution in [0.3, 0.4) is 0 Å². The molecule has 2 heterocycles. The van der Waals surface area contributed by atoms with E-state index < -0.39 is 118 Å². The number of carboxylic acids is 4. The molecule has 0 aromatic heterocycles. The molecule has 0 saturated carbocycles. The first kappa shape index (κ1) is 90.8. The van der Waals surface area contributed by atoms with Crippen LogP contribution in [-0.2, 0) is 101 Å². The van der Waals surface area contributed by atoms with Crippen molar-refractivity contribution in [2.24, 2.45) is 11.8 Å². The van der Waals surface area contributed by atoms with Crippen molar-refractivity contribution in [1.82, 2.24) is 10.2 Å². The fourth-order valence-electron chi connectivity index (χ4n) is 8.79. The van der Waals surface area contributed by atoms with Crippen LogP contribution in [0.2, 0.25) is 0 Å². The molecular formula is C64H78F12N4O16Rh. The molecule has 6 rings (SSSR count). The number of benzene rings is 4. The SMILES string of the molecule is CC(=O)O.CC(=O)O.CC(=O)O.CC(=O)O.CC(C)(C)OC(=O)C(=[N+]=[N-])c1ccc(C(F)(F)F)cc1.COC(=O)C[C@@H]1CCN(C(C(=O)OC(C)(C)C)c2ccc(C(F)(F)F)cc2)[C@H](c2ccc(C(F)(F)F)cc2)C1.COC(=O)C[C@@H]1CCN[C@H](c2ccc(C(F)(F)F)cc2)C1.[Rh]. The minimum atomic E-state index is -4.57. The predicted molar refractivity (Wildman–Crippen MR) is 320 cm³/mol. The number of likely N-dealkylation sites (tertiary alicyclic amines) is 1. The van der Waals surface area contributed by atoms with Gasteiger partial charge in [0.2, 0.25) is 0 Å². The molecule has 1 unspecified atom stereocenters. The number of methoxy groups -OCH3 is 2. The summed E-state index contributed by atoms with van der Waals surface area (Å²) in [4.78, 5) is 89.0. The fraction of sp³-hybridized carbons (Fsp3) is 0.484. The van der Waals surface area contributed by atoms with Gasteiger partial charge >= 0.3 is 54.3 Å². The molecule has 5 N–H and O–H groups in total. The van der Waals surface area contributed by atoms with Crippen LogP contribution in [0, 0.1) is 11.8 Å². The Morgan fingerprint density at radius 2 is 0.856 bits per heavy atom. The van der Waals surface area contributed by atoms with Crippen LogP contribution in [0.5, 0.6) is 0 Å². The van der Waals surface area contributed by atoms with E-state index in [4.69, 9.17) is 59.3 Å². The molecule has 2 saturated heterocycles. The summed E-state index contributed by atoms with van der Waals surface area (Å²) in [6, 6.07) is 15.8. The van der Waals surface area contributed by atoms with Crippen LogP contribution in [0.1, 0.15) is 170 Å². The van der Waals surface area contributed by atoms with E-state index in [0.717, 1.165) is 113 Å². The summed E-state index contributed by atoms with van der Waals surface area (Å²) in [5, 5.41) is 32.9. The molecule has 0 spiro atoms. The van der Waals surface area contributed by atoms with Crippen molar-refractivity contribution in [3.05, 3.63) is 147 Å². The molecule has 33 heteroatoms. The molecule has 2 fully saturated rings. The predicted octanol–water partition coefficient (Wildman–Crippen LogP) is 13.9. The monoisotopic (exact) mass is 1490 g/mol. The second-order valence-electron chi connectivity index (χ2n) is 23.0. The van der Waals surface area contributed by atoms with Gasteiger partial charge in [0.15, 0.2) is 0 Å². The number of aliphatic carboxylic acids is 4. The van der Waals surface area contributed by atoms with E-state index >= 15 is 0 Å². The molecule has 4 aromatic rings. The third-order valence-corrected chi connectivity index (χ3v) is 12.6. The van der Waals surface area contributed by atoms with Crippen LogP contribution in [-0.4, -0.2) is 122 Å². The number of ether oxygens (including phenoxy) is 4. The van der Waals surface area contributed by atoms with Crippen molar-refractivity contribution in [3.8, 4) is 0 Å². The third-order valence-electron chi connectivity index (χ3n) is 12.6. The largest absolute Gasteiger partial charge is 0.481 e. The van der Waals surface area contributed by atoms with Crippen LogP contribution >= 0.6 is 0 Å². The van der Waals surface area contributed by atoms with Gasteiger partial charge in [0, 0.05) is 78.6 Å². The number of alkyl halides is 12. The topological polar surface area (TPSA) is 306 Å². The molecule has 543 valence electrons. The molecule has 97 heavy (non-hydrogen) atoms. The minimum Gasteiger partial charge on any atom is -0.481 e. The van der Waals surface area contributed by atoms with Gasteiger partial charge in [0.05, 0.1) is 42.0 Å². The normalized spacial score (nSPS) is 16.4. The van der Waals surface area contributed by atoms with Gasteiger partial charge in [-0.3, -0.25) is 33.7 Å². The summed E-state index contributed by atoms with van der Waals surface area (Å²) in [7, 11) is 2.62. The van der Waals surface area contributed by atoms with Gasteiger partial charge in [-0.25, -0.2) is 9.59 Å². The minimum absolute atomic E-state index is 0. The van der Waals surface area contributed by atoms with E-state index in [0.29, 0.717) is 24.8 Å². The first-order valence-electron chi connectivity index (χ1n) is 28.6. The van der Waals surface area contributed by atoms with Gasteiger partial charge in [-0.1, -0.05) is 36.4 Å². The number of rotatable bonds is 11. The number of esters is 4. The Bertz CT molecular complexity index is 3140. The molecule has 0 aliphatic carbocycles. The maximum Gasteiger partial charge on any atom is 0.422 e. The number of nitrogens with one attached hydrogen (secondary N) is 1. The van der Waals surface area contributed by atoms with Crippen molar-refractivity contribution in [3.63, 3.8) is 0 Å². The second-order valence-corrected chi connectivity index (χ2v) is 23.0. The van der Waals surface area contributed by atoms with E-state index in [-0.39, 0.29) is 67.4 Å². The van der Waals surface area contributed by atoms with Crippen molar-refractivity contribution in [2.75, 3.05) is 27.3 Å².